The Labute approximate surface area is 380 Å². The molecule has 0 saturated carbocycles. The summed E-state index contributed by atoms with van der Waals surface area (Å²) in [7, 11) is 0. The second-order valence-corrected chi connectivity index (χ2v) is 17.8. The van der Waals surface area contributed by atoms with Crippen LogP contribution in [0, 0.1) is 5.41 Å². The van der Waals surface area contributed by atoms with Gasteiger partial charge in [-0.15, -0.1) is 9.64 Å². The molecule has 2 aliphatic heterocycles. The smallest absolute Gasteiger partial charge is 0.408 e. The maximum absolute atomic E-state index is 15.3. The van der Waals surface area contributed by atoms with Crippen molar-refractivity contribution >= 4 is 41.4 Å². The molecule has 2 aromatic rings. The normalized spacial score (nSPS) is 16.7. The lowest BCUT2D eigenvalue weighted by Crippen LogP contribution is -2.52. The van der Waals surface area contributed by atoms with Crippen LogP contribution in [0.3, 0.4) is 0 Å². The lowest BCUT2D eigenvalue weighted by atomic mass is 9.76. The second-order valence-electron chi connectivity index (χ2n) is 17.8. The standard InChI is InChI=1S/C51H73N2O11/c1-4-5-6-7-8-10-13-16-25-36-51(49(60)62-39-41-29-22-19-23-30-41,37-26-17-14-11-9-12-15-24-31-45(56)61-38-40-27-20-18-21-28-40)48(59)52-42(47(58)63-50(52,2)3)32-35-46(57)64-53-43(54)33-34-44(53)55/h18-23,27-30,43,54H,4-17,24-26,31-39H2,1-3H3/q+1. The first-order chi connectivity index (χ1) is 30.9. The molecule has 1 saturated heterocycles. The van der Waals surface area contributed by atoms with Gasteiger partial charge in [-0.25, -0.2) is 14.4 Å². The van der Waals surface area contributed by atoms with Gasteiger partial charge in [-0.05, 0) is 30.4 Å². The Kier molecular flexibility index (Phi) is 22.2. The van der Waals surface area contributed by atoms with Gasteiger partial charge in [0, 0.05) is 33.1 Å². The van der Waals surface area contributed by atoms with Gasteiger partial charge in [0.2, 0.25) is 0 Å². The summed E-state index contributed by atoms with van der Waals surface area (Å²) in [5, 5.41) is 10.7. The molecule has 0 aromatic heterocycles. The van der Waals surface area contributed by atoms with E-state index in [1.54, 1.807) is 13.8 Å². The zero-order valence-electron chi connectivity index (χ0n) is 38.7. The van der Waals surface area contributed by atoms with Gasteiger partial charge in [0.05, 0.1) is 12.8 Å². The van der Waals surface area contributed by atoms with Crippen molar-refractivity contribution in [3.05, 3.63) is 71.8 Å². The van der Waals surface area contributed by atoms with Crippen molar-refractivity contribution in [2.24, 2.45) is 5.41 Å². The predicted molar refractivity (Wildman–Crippen MR) is 241 cm³/mol. The molecule has 0 radical (unpaired) electrons. The summed E-state index contributed by atoms with van der Waals surface area (Å²) in [6, 6.07) is 18.9. The monoisotopic (exact) mass is 890 g/mol. The van der Waals surface area contributed by atoms with E-state index < -0.39 is 47.1 Å². The molecule has 0 bridgehead atoms. The van der Waals surface area contributed by atoms with Crippen molar-refractivity contribution in [1.82, 2.24) is 5.06 Å². The number of unbranched alkanes of at least 4 members (excludes halogenated alkanes) is 15. The molecule has 2 amide bonds. The number of rotatable bonds is 31. The Balaban J connectivity index is 1.45. The van der Waals surface area contributed by atoms with E-state index in [4.69, 9.17) is 19.0 Å². The Morgan fingerprint density at radius 3 is 1.72 bits per heavy atom. The number of aliphatic hydroxyl groups is 1. The van der Waals surface area contributed by atoms with Crippen LogP contribution in [0.1, 0.15) is 186 Å². The number of carbonyl (C=O) groups is 6. The molecular weight excluding hydrogens is 817 g/mol. The van der Waals surface area contributed by atoms with Crippen molar-refractivity contribution < 1.29 is 57.5 Å². The highest BCUT2D eigenvalue weighted by Crippen LogP contribution is 2.39. The maximum Gasteiger partial charge on any atom is 0.408 e. The van der Waals surface area contributed by atoms with Crippen LogP contribution in [0.25, 0.3) is 0 Å². The molecule has 13 heteroatoms. The first-order valence-electron chi connectivity index (χ1n) is 23.9. The molecule has 13 nitrogen and oxygen atoms in total. The number of hydroxylamine groups is 2. The lowest BCUT2D eigenvalue weighted by Gasteiger charge is -2.29. The van der Waals surface area contributed by atoms with Gasteiger partial charge in [-0.3, -0.25) is 14.4 Å². The molecule has 4 rings (SSSR count). The summed E-state index contributed by atoms with van der Waals surface area (Å²) in [5.41, 5.74) is -1.47. The maximum atomic E-state index is 15.3. The number of cyclic esters (lactones) is 1. The van der Waals surface area contributed by atoms with Crippen molar-refractivity contribution in [1.29, 1.82) is 0 Å². The number of nitrogens with zero attached hydrogens (tertiary/aromatic N) is 2. The van der Waals surface area contributed by atoms with E-state index in [0.29, 0.717) is 24.3 Å². The molecular formula is C51H73N2O11+. The summed E-state index contributed by atoms with van der Waals surface area (Å²) in [6.45, 7) is 5.62. The highest BCUT2D eigenvalue weighted by atomic mass is 16.7. The van der Waals surface area contributed by atoms with E-state index in [1.165, 1.54) is 30.3 Å². The first kappa shape index (κ1) is 51.7. The van der Waals surface area contributed by atoms with Crippen molar-refractivity contribution in [2.45, 2.75) is 200 Å². The molecule has 2 aromatic carbocycles. The van der Waals surface area contributed by atoms with Crippen LogP contribution in [0.2, 0.25) is 0 Å². The highest BCUT2D eigenvalue weighted by Gasteiger charge is 2.61. The van der Waals surface area contributed by atoms with Gasteiger partial charge >= 0.3 is 35.5 Å². The molecule has 2 atom stereocenters. The largest absolute Gasteiger partial charge is 0.461 e. The molecule has 64 heavy (non-hydrogen) atoms. The molecule has 0 spiro atoms. The average molecular weight is 890 g/mol. The minimum Gasteiger partial charge on any atom is -0.461 e. The van der Waals surface area contributed by atoms with Crippen LogP contribution in [0.4, 0.5) is 0 Å². The Morgan fingerprint density at radius 2 is 1.20 bits per heavy atom. The fourth-order valence-electron chi connectivity index (χ4n) is 8.47. The van der Waals surface area contributed by atoms with Gasteiger partial charge in [0.25, 0.3) is 11.6 Å². The summed E-state index contributed by atoms with van der Waals surface area (Å²) < 4.78 is 18.4. The van der Waals surface area contributed by atoms with Crippen LogP contribution in [0.15, 0.2) is 60.7 Å². The quantitative estimate of drug-likeness (QED) is 0.0252. The third-order valence-electron chi connectivity index (χ3n) is 12.2. The fourth-order valence-corrected chi connectivity index (χ4v) is 8.47. The molecule has 352 valence electrons. The van der Waals surface area contributed by atoms with Crippen molar-refractivity contribution in [2.75, 3.05) is 0 Å². The van der Waals surface area contributed by atoms with Crippen LogP contribution >= 0.6 is 0 Å². The number of hydrogen-bond donors (Lipinski definition) is 1. The predicted octanol–water partition coefficient (Wildman–Crippen LogP) is 9.73. The molecule has 2 unspecified atom stereocenters. The minimum atomic E-state index is -1.64. The van der Waals surface area contributed by atoms with Gasteiger partial charge < -0.3 is 24.2 Å². The molecule has 1 fully saturated rings. The van der Waals surface area contributed by atoms with E-state index in [1.807, 2.05) is 60.7 Å². The fraction of sp³-hybridized carbons (Fsp3) is 0.627. The number of amides is 2. The summed E-state index contributed by atoms with van der Waals surface area (Å²) >= 11 is 0. The number of aliphatic hydroxyl groups excluding tert-OH is 1. The average Bonchev–Trinajstić information content (AvgIpc) is 3.73. The number of esters is 3. The van der Waals surface area contributed by atoms with Gasteiger partial charge in [0.15, 0.2) is 11.6 Å². The van der Waals surface area contributed by atoms with E-state index >= 15 is 4.79 Å². The van der Waals surface area contributed by atoms with Crippen LogP contribution in [-0.2, 0) is 61.0 Å². The van der Waals surface area contributed by atoms with E-state index in [0.717, 1.165) is 81.8 Å². The van der Waals surface area contributed by atoms with Crippen LogP contribution in [0.5, 0.6) is 0 Å². The molecule has 0 aliphatic carbocycles. The molecule has 1 N–H and O–H groups in total. The van der Waals surface area contributed by atoms with Gasteiger partial charge in [-0.2, -0.15) is 0 Å². The van der Waals surface area contributed by atoms with Crippen LogP contribution in [-0.4, -0.2) is 68.1 Å². The molecule has 2 heterocycles. The Bertz CT molecular complexity index is 1830. The number of benzene rings is 2. The van der Waals surface area contributed by atoms with Crippen LogP contribution < -0.4 is 0 Å². The zero-order valence-corrected chi connectivity index (χ0v) is 38.7. The molecule has 2 aliphatic rings. The second kappa shape index (κ2) is 27.4. The summed E-state index contributed by atoms with van der Waals surface area (Å²) in [4.78, 5) is 85.9. The minimum absolute atomic E-state index is 0.0283. The zero-order chi connectivity index (χ0) is 46.2. The van der Waals surface area contributed by atoms with E-state index in [-0.39, 0.29) is 63.4 Å². The van der Waals surface area contributed by atoms with E-state index in [9.17, 15) is 29.1 Å². The summed E-state index contributed by atoms with van der Waals surface area (Å²) in [5.74, 6) is -3.63. The summed E-state index contributed by atoms with van der Waals surface area (Å²) in [6.07, 6.45) is 15.3. The van der Waals surface area contributed by atoms with E-state index in [2.05, 4.69) is 6.92 Å². The van der Waals surface area contributed by atoms with Crippen molar-refractivity contribution in [3.8, 4) is 0 Å². The number of ether oxygens (including phenoxy) is 3. The van der Waals surface area contributed by atoms with Crippen molar-refractivity contribution in [3.63, 3.8) is 0 Å². The topological polar surface area (TPSA) is 166 Å². The van der Waals surface area contributed by atoms with Gasteiger partial charge in [0.1, 0.15) is 13.2 Å². The lowest BCUT2D eigenvalue weighted by molar-refractivity contribution is -0.568. The highest BCUT2D eigenvalue weighted by molar-refractivity contribution is 6.36. The third kappa shape index (κ3) is 16.6. The van der Waals surface area contributed by atoms with Gasteiger partial charge in [-0.1, -0.05) is 170 Å². The first-order valence-corrected chi connectivity index (χ1v) is 23.9. The number of carbonyl (C=O) groups excluding carboxylic acids is 6. The third-order valence-corrected chi connectivity index (χ3v) is 12.2. The Morgan fingerprint density at radius 1 is 0.703 bits per heavy atom. The number of hydrogen-bond acceptors (Lipinski definition) is 11. The Hall–Kier alpha value is -4.91. The SMILES string of the molecule is CCCCCCCCCCCC(CCCCCCCCCCC(=O)OCc1ccccc1)(C(=O)OCc1ccccc1)C(=O)[N+]1=C(CCC(=O)ON2C(=O)CCC2O)C(=O)OC1(C)C.